The standard InChI is InChI=1S/C13H15N3O5S/c1-7(2)16-12(18)9-5-4-8(6-10(9)14-13(16)19)11(17)15-22(3,20)21/h4-7H,1-3H3,(H,14,19)(H,15,17). The molecule has 0 aliphatic heterocycles. The number of aromatic nitrogens is 2. The van der Waals surface area contributed by atoms with Crippen molar-refractivity contribution < 1.29 is 13.2 Å². The van der Waals surface area contributed by atoms with Crippen LogP contribution in [0.2, 0.25) is 0 Å². The predicted octanol–water partition coefficient (Wildman–Crippen LogP) is -0.0399. The summed E-state index contributed by atoms with van der Waals surface area (Å²) in [4.78, 5) is 38.5. The maximum absolute atomic E-state index is 12.2. The molecular formula is C13H15N3O5S. The van der Waals surface area contributed by atoms with E-state index in [1.54, 1.807) is 13.8 Å². The first-order valence-electron chi connectivity index (χ1n) is 6.41. The highest BCUT2D eigenvalue weighted by molar-refractivity contribution is 7.89. The first kappa shape index (κ1) is 16.0. The van der Waals surface area contributed by atoms with E-state index in [9.17, 15) is 22.8 Å². The van der Waals surface area contributed by atoms with Crippen LogP contribution in [0.5, 0.6) is 0 Å². The molecule has 0 saturated heterocycles. The van der Waals surface area contributed by atoms with Crippen molar-refractivity contribution in [1.82, 2.24) is 14.3 Å². The van der Waals surface area contributed by atoms with Gasteiger partial charge in [-0.1, -0.05) is 0 Å². The van der Waals surface area contributed by atoms with Gasteiger partial charge in [-0.2, -0.15) is 0 Å². The Balaban J connectivity index is 2.63. The number of H-pyrrole nitrogens is 1. The highest BCUT2D eigenvalue weighted by Gasteiger charge is 2.14. The zero-order chi connectivity index (χ0) is 16.7. The molecule has 0 aliphatic rings. The largest absolute Gasteiger partial charge is 0.329 e. The van der Waals surface area contributed by atoms with E-state index in [-0.39, 0.29) is 22.5 Å². The van der Waals surface area contributed by atoms with Crippen LogP contribution in [0.1, 0.15) is 30.2 Å². The number of carbonyl (C=O) groups excluding carboxylic acids is 1. The molecule has 22 heavy (non-hydrogen) atoms. The second kappa shape index (κ2) is 5.41. The zero-order valence-corrected chi connectivity index (χ0v) is 13.0. The van der Waals surface area contributed by atoms with Crippen molar-refractivity contribution in [3.05, 3.63) is 44.6 Å². The van der Waals surface area contributed by atoms with Gasteiger partial charge in [0.2, 0.25) is 10.0 Å². The molecule has 1 heterocycles. The molecule has 0 fully saturated rings. The fraction of sp³-hybridized carbons (Fsp3) is 0.308. The van der Waals surface area contributed by atoms with Gasteiger partial charge in [0.1, 0.15) is 0 Å². The summed E-state index contributed by atoms with van der Waals surface area (Å²) in [5.41, 5.74) is -0.861. The molecule has 0 spiro atoms. The Morgan fingerprint density at radius 1 is 1.27 bits per heavy atom. The van der Waals surface area contributed by atoms with Crippen LogP contribution in [0, 0.1) is 0 Å². The summed E-state index contributed by atoms with van der Waals surface area (Å²) in [5.74, 6) is -0.835. The van der Waals surface area contributed by atoms with Crippen LogP contribution < -0.4 is 16.0 Å². The molecule has 2 N–H and O–H groups in total. The van der Waals surface area contributed by atoms with Gasteiger partial charge in [0.15, 0.2) is 0 Å². The first-order chi connectivity index (χ1) is 10.1. The summed E-state index contributed by atoms with van der Waals surface area (Å²) in [7, 11) is -3.70. The Morgan fingerprint density at radius 2 is 1.91 bits per heavy atom. The smallest absolute Gasteiger partial charge is 0.307 e. The van der Waals surface area contributed by atoms with Crippen molar-refractivity contribution in [2.45, 2.75) is 19.9 Å². The number of nitrogens with one attached hydrogen (secondary N) is 2. The zero-order valence-electron chi connectivity index (χ0n) is 12.2. The number of fused-ring (bicyclic) bond motifs is 1. The minimum Gasteiger partial charge on any atom is -0.307 e. The molecule has 0 bridgehead atoms. The Labute approximate surface area is 125 Å². The van der Waals surface area contributed by atoms with Crippen LogP contribution in [0.25, 0.3) is 10.9 Å². The number of aromatic amines is 1. The van der Waals surface area contributed by atoms with Gasteiger partial charge in [0.05, 0.1) is 17.2 Å². The van der Waals surface area contributed by atoms with E-state index in [4.69, 9.17) is 0 Å². The van der Waals surface area contributed by atoms with Gasteiger partial charge in [0.25, 0.3) is 11.5 Å². The van der Waals surface area contributed by atoms with Gasteiger partial charge < -0.3 is 4.98 Å². The third-order valence-corrected chi connectivity index (χ3v) is 3.54. The van der Waals surface area contributed by atoms with E-state index in [1.165, 1.54) is 18.2 Å². The highest BCUT2D eigenvalue weighted by Crippen LogP contribution is 2.10. The Kier molecular flexibility index (Phi) is 3.92. The molecule has 0 unspecified atom stereocenters. The van der Waals surface area contributed by atoms with Crippen molar-refractivity contribution in [1.29, 1.82) is 0 Å². The molecule has 1 aromatic carbocycles. The number of hydrogen-bond donors (Lipinski definition) is 2. The number of hydrogen-bond acceptors (Lipinski definition) is 5. The number of nitrogens with zero attached hydrogens (tertiary/aromatic N) is 1. The van der Waals surface area contributed by atoms with Crippen LogP contribution in [0.4, 0.5) is 0 Å². The second-order valence-corrected chi connectivity index (χ2v) is 6.91. The van der Waals surface area contributed by atoms with Crippen molar-refractivity contribution in [3.63, 3.8) is 0 Å². The molecule has 0 atom stereocenters. The van der Waals surface area contributed by atoms with E-state index < -0.39 is 27.2 Å². The van der Waals surface area contributed by atoms with Crippen molar-refractivity contribution in [2.75, 3.05) is 6.26 Å². The molecule has 2 rings (SSSR count). The van der Waals surface area contributed by atoms with Crippen LogP contribution in [0.15, 0.2) is 27.8 Å². The SMILES string of the molecule is CC(C)n1c(=O)[nH]c2cc(C(=O)NS(C)(=O)=O)ccc2c1=O. The Hall–Kier alpha value is -2.42. The molecule has 2 aromatic rings. The number of benzene rings is 1. The number of amides is 1. The summed E-state index contributed by atoms with van der Waals surface area (Å²) in [6, 6.07) is 3.66. The van der Waals surface area contributed by atoms with Crippen LogP contribution in [0.3, 0.4) is 0 Å². The minimum absolute atomic E-state index is 0.0234. The summed E-state index contributed by atoms with van der Waals surface area (Å²) in [6.45, 7) is 3.41. The average Bonchev–Trinajstić information content (AvgIpc) is 2.35. The monoisotopic (exact) mass is 325 g/mol. The summed E-state index contributed by atoms with van der Waals surface area (Å²) < 4.78 is 25.0. The quantitative estimate of drug-likeness (QED) is 0.821. The maximum Gasteiger partial charge on any atom is 0.329 e. The molecule has 0 aliphatic carbocycles. The highest BCUT2D eigenvalue weighted by atomic mass is 32.2. The van der Waals surface area contributed by atoms with Gasteiger partial charge in [-0.05, 0) is 32.0 Å². The van der Waals surface area contributed by atoms with Crippen LogP contribution in [-0.2, 0) is 10.0 Å². The molecular weight excluding hydrogens is 310 g/mol. The molecule has 0 saturated carbocycles. The fourth-order valence-corrected chi connectivity index (χ4v) is 2.52. The Morgan fingerprint density at radius 3 is 2.45 bits per heavy atom. The van der Waals surface area contributed by atoms with Crippen molar-refractivity contribution in [2.24, 2.45) is 0 Å². The van der Waals surface area contributed by atoms with E-state index in [2.05, 4.69) is 4.98 Å². The lowest BCUT2D eigenvalue weighted by Gasteiger charge is -2.10. The molecule has 9 heteroatoms. The molecule has 1 amide bonds. The fourth-order valence-electron chi connectivity index (χ4n) is 2.07. The molecule has 1 aromatic heterocycles. The molecule has 118 valence electrons. The van der Waals surface area contributed by atoms with Crippen LogP contribution >= 0.6 is 0 Å². The van der Waals surface area contributed by atoms with Crippen LogP contribution in [-0.4, -0.2) is 30.1 Å². The van der Waals surface area contributed by atoms with E-state index in [0.29, 0.717) is 0 Å². The average molecular weight is 325 g/mol. The second-order valence-electron chi connectivity index (χ2n) is 5.16. The van der Waals surface area contributed by atoms with Gasteiger partial charge in [-0.25, -0.2) is 17.9 Å². The predicted molar refractivity (Wildman–Crippen MR) is 81.5 cm³/mol. The molecule has 8 nitrogen and oxygen atoms in total. The topological polar surface area (TPSA) is 118 Å². The number of rotatable bonds is 3. The van der Waals surface area contributed by atoms with Gasteiger partial charge in [-0.3, -0.25) is 14.2 Å². The Bertz CT molecular complexity index is 969. The minimum atomic E-state index is -3.70. The van der Waals surface area contributed by atoms with Crippen molar-refractivity contribution in [3.8, 4) is 0 Å². The lowest BCUT2D eigenvalue weighted by Crippen LogP contribution is -2.36. The van der Waals surface area contributed by atoms with Gasteiger partial charge in [-0.15, -0.1) is 0 Å². The lowest BCUT2D eigenvalue weighted by atomic mass is 10.1. The summed E-state index contributed by atoms with van der Waals surface area (Å²) in [5, 5.41) is 0.240. The number of carbonyl (C=O) groups is 1. The maximum atomic E-state index is 12.2. The first-order valence-corrected chi connectivity index (χ1v) is 8.30. The summed E-state index contributed by atoms with van der Waals surface area (Å²) in [6.07, 6.45) is 0.856. The third kappa shape index (κ3) is 3.08. The van der Waals surface area contributed by atoms with Gasteiger partial charge >= 0.3 is 5.69 Å². The normalized spacial score (nSPS) is 11.8. The van der Waals surface area contributed by atoms with E-state index in [0.717, 1.165) is 10.8 Å². The third-order valence-electron chi connectivity index (χ3n) is 2.99. The lowest BCUT2D eigenvalue weighted by molar-refractivity contribution is 0.0982. The van der Waals surface area contributed by atoms with E-state index >= 15 is 0 Å². The molecule has 0 radical (unpaired) electrons. The van der Waals surface area contributed by atoms with Crippen molar-refractivity contribution >= 4 is 26.8 Å². The number of sulfonamides is 1. The summed E-state index contributed by atoms with van der Waals surface area (Å²) >= 11 is 0. The van der Waals surface area contributed by atoms with E-state index in [1.807, 2.05) is 4.72 Å². The van der Waals surface area contributed by atoms with Gasteiger partial charge in [0, 0.05) is 11.6 Å².